The molecule has 0 aliphatic carbocycles. The maximum absolute atomic E-state index is 9.25. The van der Waals surface area contributed by atoms with E-state index >= 15 is 0 Å². The SMILES string of the molecule is Cc1cc(Br)ccc1Oc1ccc(O)cc1Cl. The first kappa shape index (κ1) is 12.3. The maximum Gasteiger partial charge on any atom is 0.146 e. The van der Waals surface area contributed by atoms with Crippen LogP contribution in [0.2, 0.25) is 5.02 Å². The minimum atomic E-state index is 0.120. The summed E-state index contributed by atoms with van der Waals surface area (Å²) in [5.41, 5.74) is 1.00. The summed E-state index contributed by atoms with van der Waals surface area (Å²) in [6.45, 7) is 1.95. The van der Waals surface area contributed by atoms with Gasteiger partial charge in [0.15, 0.2) is 0 Å². The molecule has 0 aliphatic heterocycles. The third-order valence-electron chi connectivity index (χ3n) is 2.27. The van der Waals surface area contributed by atoms with E-state index in [0.717, 1.165) is 15.8 Å². The molecule has 0 radical (unpaired) electrons. The first-order valence-electron chi connectivity index (χ1n) is 4.99. The average Bonchev–Trinajstić information content (AvgIpc) is 2.25. The minimum absolute atomic E-state index is 0.120. The second-order valence-electron chi connectivity index (χ2n) is 3.63. The van der Waals surface area contributed by atoms with E-state index < -0.39 is 0 Å². The van der Waals surface area contributed by atoms with Crippen molar-refractivity contribution < 1.29 is 9.84 Å². The van der Waals surface area contributed by atoms with Crippen LogP contribution in [-0.2, 0) is 0 Å². The molecule has 0 unspecified atom stereocenters. The lowest BCUT2D eigenvalue weighted by Gasteiger charge is -2.10. The summed E-state index contributed by atoms with van der Waals surface area (Å²) in [7, 11) is 0. The van der Waals surface area contributed by atoms with E-state index in [9.17, 15) is 5.11 Å². The molecule has 0 fully saturated rings. The first-order chi connectivity index (χ1) is 8.06. The molecule has 0 bridgehead atoms. The third kappa shape index (κ3) is 2.93. The van der Waals surface area contributed by atoms with Crippen LogP contribution < -0.4 is 4.74 Å². The van der Waals surface area contributed by atoms with Crippen molar-refractivity contribution in [2.45, 2.75) is 6.92 Å². The topological polar surface area (TPSA) is 29.5 Å². The smallest absolute Gasteiger partial charge is 0.146 e. The first-order valence-corrected chi connectivity index (χ1v) is 6.16. The molecule has 0 amide bonds. The fraction of sp³-hybridized carbons (Fsp3) is 0.0769. The van der Waals surface area contributed by atoms with Gasteiger partial charge in [-0.1, -0.05) is 27.5 Å². The van der Waals surface area contributed by atoms with Crippen molar-refractivity contribution in [3.05, 3.63) is 51.5 Å². The number of hydrogen-bond donors (Lipinski definition) is 1. The Bertz CT molecular complexity index is 506. The highest BCUT2D eigenvalue weighted by atomic mass is 79.9. The number of hydrogen-bond acceptors (Lipinski definition) is 2. The number of halogens is 2. The van der Waals surface area contributed by atoms with Gasteiger partial charge in [-0.25, -0.2) is 0 Å². The van der Waals surface area contributed by atoms with Gasteiger partial charge < -0.3 is 9.84 Å². The summed E-state index contributed by atoms with van der Waals surface area (Å²) >= 11 is 9.36. The molecule has 0 saturated carbocycles. The van der Waals surface area contributed by atoms with Crippen molar-refractivity contribution in [2.75, 3.05) is 0 Å². The van der Waals surface area contributed by atoms with E-state index in [1.165, 1.54) is 12.1 Å². The van der Waals surface area contributed by atoms with Gasteiger partial charge in [-0.05, 0) is 42.8 Å². The lowest BCUT2D eigenvalue weighted by molar-refractivity contribution is 0.463. The van der Waals surface area contributed by atoms with Crippen LogP contribution in [0.25, 0.3) is 0 Å². The lowest BCUT2D eigenvalue weighted by atomic mass is 10.2. The van der Waals surface area contributed by atoms with Gasteiger partial charge in [0.2, 0.25) is 0 Å². The highest BCUT2D eigenvalue weighted by molar-refractivity contribution is 9.10. The second-order valence-corrected chi connectivity index (χ2v) is 4.95. The van der Waals surface area contributed by atoms with E-state index in [2.05, 4.69) is 15.9 Å². The lowest BCUT2D eigenvalue weighted by Crippen LogP contribution is -1.88. The number of phenolic OH excluding ortho intramolecular Hbond substituents is 1. The standard InChI is InChI=1S/C13H10BrClO2/c1-8-6-9(14)2-4-12(8)17-13-5-3-10(16)7-11(13)15/h2-7,16H,1H3. The molecular weight excluding hydrogens is 303 g/mol. The number of aromatic hydroxyl groups is 1. The van der Waals surface area contributed by atoms with Crippen LogP contribution in [0.3, 0.4) is 0 Å². The van der Waals surface area contributed by atoms with Crippen LogP contribution in [0.4, 0.5) is 0 Å². The van der Waals surface area contributed by atoms with Crippen LogP contribution in [0.5, 0.6) is 17.2 Å². The van der Waals surface area contributed by atoms with Crippen LogP contribution in [0.1, 0.15) is 5.56 Å². The molecule has 2 aromatic rings. The Balaban J connectivity index is 2.31. The van der Waals surface area contributed by atoms with E-state index in [0.29, 0.717) is 10.8 Å². The summed E-state index contributed by atoms with van der Waals surface area (Å²) in [5.74, 6) is 1.38. The van der Waals surface area contributed by atoms with Gasteiger partial charge in [0, 0.05) is 10.5 Å². The molecule has 2 aromatic carbocycles. The number of phenols is 1. The summed E-state index contributed by atoms with van der Waals surface area (Å²) in [6, 6.07) is 10.3. The zero-order chi connectivity index (χ0) is 12.4. The van der Waals surface area contributed by atoms with E-state index in [1.54, 1.807) is 6.07 Å². The Morgan fingerprint density at radius 1 is 1.12 bits per heavy atom. The minimum Gasteiger partial charge on any atom is -0.508 e. The van der Waals surface area contributed by atoms with Gasteiger partial charge in [-0.3, -0.25) is 0 Å². The Labute approximate surface area is 113 Å². The molecule has 0 heterocycles. The molecule has 0 atom stereocenters. The van der Waals surface area contributed by atoms with E-state index in [4.69, 9.17) is 16.3 Å². The number of benzene rings is 2. The third-order valence-corrected chi connectivity index (χ3v) is 3.06. The second kappa shape index (κ2) is 4.98. The van der Waals surface area contributed by atoms with Crippen molar-refractivity contribution in [1.29, 1.82) is 0 Å². The predicted molar refractivity (Wildman–Crippen MR) is 72.1 cm³/mol. The summed E-state index contributed by atoms with van der Waals surface area (Å²) in [4.78, 5) is 0. The molecular formula is C13H10BrClO2. The van der Waals surface area contributed by atoms with Gasteiger partial charge in [0.25, 0.3) is 0 Å². The van der Waals surface area contributed by atoms with Gasteiger partial charge in [-0.15, -0.1) is 0 Å². The van der Waals surface area contributed by atoms with Crippen molar-refractivity contribution in [2.24, 2.45) is 0 Å². The fourth-order valence-corrected chi connectivity index (χ4v) is 2.11. The molecule has 0 spiro atoms. The Hall–Kier alpha value is -1.19. The normalized spacial score (nSPS) is 10.3. The zero-order valence-corrected chi connectivity index (χ0v) is 11.4. The molecule has 0 saturated heterocycles. The highest BCUT2D eigenvalue weighted by Gasteiger charge is 2.06. The quantitative estimate of drug-likeness (QED) is 0.853. The Morgan fingerprint density at radius 2 is 1.82 bits per heavy atom. The van der Waals surface area contributed by atoms with Gasteiger partial charge in [-0.2, -0.15) is 0 Å². The Morgan fingerprint density at radius 3 is 2.47 bits per heavy atom. The fourth-order valence-electron chi connectivity index (χ4n) is 1.42. The van der Waals surface area contributed by atoms with Crippen molar-refractivity contribution in [3.63, 3.8) is 0 Å². The molecule has 0 aromatic heterocycles. The van der Waals surface area contributed by atoms with E-state index in [-0.39, 0.29) is 5.75 Å². The molecule has 88 valence electrons. The highest BCUT2D eigenvalue weighted by Crippen LogP contribution is 2.33. The van der Waals surface area contributed by atoms with Crippen molar-refractivity contribution >= 4 is 27.5 Å². The number of aryl methyl sites for hydroxylation is 1. The van der Waals surface area contributed by atoms with Crippen molar-refractivity contribution in [1.82, 2.24) is 0 Å². The van der Waals surface area contributed by atoms with Crippen LogP contribution in [0.15, 0.2) is 40.9 Å². The molecule has 17 heavy (non-hydrogen) atoms. The monoisotopic (exact) mass is 312 g/mol. The largest absolute Gasteiger partial charge is 0.508 e. The van der Waals surface area contributed by atoms with Crippen LogP contribution in [0, 0.1) is 6.92 Å². The molecule has 2 nitrogen and oxygen atoms in total. The zero-order valence-electron chi connectivity index (χ0n) is 9.08. The number of ether oxygens (including phenoxy) is 1. The van der Waals surface area contributed by atoms with E-state index in [1.807, 2.05) is 25.1 Å². The molecule has 0 aliphatic rings. The van der Waals surface area contributed by atoms with Gasteiger partial charge in [0.05, 0.1) is 5.02 Å². The Kier molecular flexibility index (Phi) is 3.60. The van der Waals surface area contributed by atoms with Crippen LogP contribution in [-0.4, -0.2) is 5.11 Å². The van der Waals surface area contributed by atoms with Crippen molar-refractivity contribution in [3.8, 4) is 17.2 Å². The molecule has 2 rings (SSSR count). The van der Waals surface area contributed by atoms with Gasteiger partial charge in [0.1, 0.15) is 17.2 Å². The maximum atomic E-state index is 9.25. The average molecular weight is 314 g/mol. The number of rotatable bonds is 2. The summed E-state index contributed by atoms with van der Waals surface area (Å²) in [6.07, 6.45) is 0. The summed E-state index contributed by atoms with van der Waals surface area (Å²) in [5, 5.41) is 9.63. The van der Waals surface area contributed by atoms with Crippen LogP contribution >= 0.6 is 27.5 Å². The molecule has 4 heteroatoms. The predicted octanol–water partition coefficient (Wildman–Crippen LogP) is 4.91. The van der Waals surface area contributed by atoms with Gasteiger partial charge >= 0.3 is 0 Å². The molecule has 1 N–H and O–H groups in total. The summed E-state index contributed by atoms with van der Waals surface area (Å²) < 4.78 is 6.69.